The van der Waals surface area contributed by atoms with E-state index in [4.69, 9.17) is 21.1 Å². The SMILES string of the molecule is CCNC(c1cc(Cl)ccc1OC)c1sccc1OC. The van der Waals surface area contributed by atoms with Crippen molar-refractivity contribution in [3.8, 4) is 11.5 Å². The number of ether oxygens (including phenoxy) is 2. The van der Waals surface area contributed by atoms with Crippen LogP contribution < -0.4 is 14.8 Å². The maximum absolute atomic E-state index is 6.14. The second-order valence-corrected chi connectivity index (χ2v) is 5.61. The predicted molar refractivity (Wildman–Crippen MR) is 84.4 cm³/mol. The van der Waals surface area contributed by atoms with Crippen LogP contribution in [0.2, 0.25) is 5.02 Å². The van der Waals surface area contributed by atoms with Crippen molar-refractivity contribution in [2.75, 3.05) is 20.8 Å². The Morgan fingerprint density at radius 2 is 1.95 bits per heavy atom. The van der Waals surface area contributed by atoms with Gasteiger partial charge in [0.05, 0.1) is 25.1 Å². The van der Waals surface area contributed by atoms with Gasteiger partial charge in [-0.05, 0) is 36.2 Å². The van der Waals surface area contributed by atoms with Gasteiger partial charge in [-0.1, -0.05) is 18.5 Å². The number of hydrogen-bond acceptors (Lipinski definition) is 4. The molecule has 2 rings (SSSR count). The van der Waals surface area contributed by atoms with Crippen molar-refractivity contribution in [2.24, 2.45) is 0 Å². The Morgan fingerprint density at radius 3 is 2.60 bits per heavy atom. The second-order valence-electron chi connectivity index (χ2n) is 4.23. The Labute approximate surface area is 128 Å². The lowest BCUT2D eigenvalue weighted by atomic mass is 10.0. The molecule has 0 aliphatic heterocycles. The van der Waals surface area contributed by atoms with Gasteiger partial charge in [-0.2, -0.15) is 0 Å². The minimum atomic E-state index is 0.00333. The fourth-order valence-corrected chi connectivity index (χ4v) is 3.30. The van der Waals surface area contributed by atoms with E-state index in [9.17, 15) is 0 Å². The van der Waals surface area contributed by atoms with Crippen LogP contribution in [0.1, 0.15) is 23.4 Å². The molecule has 2 aromatic rings. The quantitative estimate of drug-likeness (QED) is 0.870. The lowest BCUT2D eigenvalue weighted by molar-refractivity contribution is 0.397. The topological polar surface area (TPSA) is 30.5 Å². The van der Waals surface area contributed by atoms with Crippen molar-refractivity contribution in [1.82, 2.24) is 5.32 Å². The van der Waals surface area contributed by atoms with E-state index in [1.54, 1.807) is 25.6 Å². The first-order chi connectivity index (χ1) is 9.71. The van der Waals surface area contributed by atoms with Crippen LogP contribution in [0.25, 0.3) is 0 Å². The van der Waals surface area contributed by atoms with Gasteiger partial charge >= 0.3 is 0 Å². The predicted octanol–water partition coefficient (Wildman–Crippen LogP) is 4.12. The molecule has 1 N–H and O–H groups in total. The molecular weight excluding hydrogens is 294 g/mol. The summed E-state index contributed by atoms with van der Waals surface area (Å²) in [6.45, 7) is 2.91. The van der Waals surface area contributed by atoms with Crippen molar-refractivity contribution >= 4 is 22.9 Å². The summed E-state index contributed by atoms with van der Waals surface area (Å²) in [4.78, 5) is 1.12. The normalized spacial score (nSPS) is 12.2. The van der Waals surface area contributed by atoms with Crippen molar-refractivity contribution in [3.05, 3.63) is 45.1 Å². The van der Waals surface area contributed by atoms with Gasteiger partial charge in [0.2, 0.25) is 0 Å². The highest BCUT2D eigenvalue weighted by Crippen LogP contribution is 2.39. The third-order valence-corrected chi connectivity index (χ3v) is 4.25. The van der Waals surface area contributed by atoms with E-state index in [1.807, 2.05) is 29.6 Å². The molecule has 0 saturated heterocycles. The molecule has 0 amide bonds. The molecule has 1 unspecified atom stereocenters. The van der Waals surface area contributed by atoms with Gasteiger partial charge in [-0.25, -0.2) is 0 Å². The van der Waals surface area contributed by atoms with Gasteiger partial charge in [-0.15, -0.1) is 11.3 Å². The van der Waals surface area contributed by atoms with Gasteiger partial charge in [-0.3, -0.25) is 0 Å². The van der Waals surface area contributed by atoms with Crippen LogP contribution in [0.15, 0.2) is 29.6 Å². The van der Waals surface area contributed by atoms with Gasteiger partial charge in [0.15, 0.2) is 0 Å². The monoisotopic (exact) mass is 311 g/mol. The molecule has 0 radical (unpaired) electrons. The van der Waals surface area contributed by atoms with Gasteiger partial charge in [0.25, 0.3) is 0 Å². The van der Waals surface area contributed by atoms with Crippen LogP contribution in [0.5, 0.6) is 11.5 Å². The standard InChI is InChI=1S/C15H18ClNO2S/c1-4-17-14(15-13(19-3)7-8-20-15)11-9-10(16)5-6-12(11)18-2/h5-9,14,17H,4H2,1-3H3. The summed E-state index contributed by atoms with van der Waals surface area (Å²) in [6, 6.07) is 7.64. The molecule has 108 valence electrons. The molecule has 0 saturated carbocycles. The highest BCUT2D eigenvalue weighted by molar-refractivity contribution is 7.10. The molecule has 20 heavy (non-hydrogen) atoms. The highest BCUT2D eigenvalue weighted by Gasteiger charge is 2.22. The van der Waals surface area contributed by atoms with Gasteiger partial charge in [0.1, 0.15) is 11.5 Å². The van der Waals surface area contributed by atoms with E-state index >= 15 is 0 Å². The summed E-state index contributed by atoms with van der Waals surface area (Å²) in [5, 5.41) is 6.19. The number of benzene rings is 1. The summed E-state index contributed by atoms with van der Waals surface area (Å²) in [5.41, 5.74) is 1.02. The Balaban J connectivity index is 2.50. The Bertz CT molecular complexity index is 571. The largest absolute Gasteiger partial charge is 0.496 e. The van der Waals surface area contributed by atoms with E-state index in [0.717, 1.165) is 28.5 Å². The molecule has 0 fully saturated rings. The zero-order valence-electron chi connectivity index (χ0n) is 11.8. The number of methoxy groups -OCH3 is 2. The first-order valence-electron chi connectivity index (χ1n) is 6.39. The molecule has 0 bridgehead atoms. The van der Waals surface area contributed by atoms with Crippen LogP contribution in [0, 0.1) is 0 Å². The molecule has 0 spiro atoms. The molecule has 1 heterocycles. The fraction of sp³-hybridized carbons (Fsp3) is 0.333. The maximum atomic E-state index is 6.14. The molecule has 0 aliphatic carbocycles. The van der Waals surface area contributed by atoms with Crippen LogP contribution in [0.4, 0.5) is 0 Å². The lowest BCUT2D eigenvalue weighted by Crippen LogP contribution is -2.22. The van der Waals surface area contributed by atoms with Crippen LogP contribution in [0.3, 0.4) is 0 Å². The maximum Gasteiger partial charge on any atom is 0.134 e. The molecular formula is C15H18ClNO2S. The van der Waals surface area contributed by atoms with Crippen LogP contribution in [-0.4, -0.2) is 20.8 Å². The summed E-state index contributed by atoms with van der Waals surface area (Å²) in [6.07, 6.45) is 0. The third-order valence-electron chi connectivity index (χ3n) is 3.05. The van der Waals surface area contributed by atoms with Crippen molar-refractivity contribution in [1.29, 1.82) is 0 Å². The first-order valence-corrected chi connectivity index (χ1v) is 7.65. The minimum absolute atomic E-state index is 0.00333. The molecule has 1 atom stereocenters. The summed E-state index contributed by atoms with van der Waals surface area (Å²) < 4.78 is 10.9. The number of nitrogens with one attached hydrogen (secondary N) is 1. The Morgan fingerprint density at radius 1 is 1.20 bits per heavy atom. The van der Waals surface area contributed by atoms with Crippen molar-refractivity contribution < 1.29 is 9.47 Å². The molecule has 5 heteroatoms. The van der Waals surface area contributed by atoms with Crippen molar-refractivity contribution in [2.45, 2.75) is 13.0 Å². The summed E-state index contributed by atoms with van der Waals surface area (Å²) >= 11 is 7.80. The number of hydrogen-bond donors (Lipinski definition) is 1. The average Bonchev–Trinajstić information content (AvgIpc) is 2.93. The number of rotatable bonds is 6. The summed E-state index contributed by atoms with van der Waals surface area (Å²) in [7, 11) is 3.35. The van der Waals surface area contributed by atoms with E-state index in [-0.39, 0.29) is 6.04 Å². The van der Waals surface area contributed by atoms with E-state index in [1.165, 1.54) is 0 Å². The second kappa shape index (κ2) is 6.97. The smallest absolute Gasteiger partial charge is 0.134 e. The molecule has 1 aromatic carbocycles. The summed E-state index contributed by atoms with van der Waals surface area (Å²) in [5.74, 6) is 1.69. The van der Waals surface area contributed by atoms with Gasteiger partial charge < -0.3 is 14.8 Å². The average molecular weight is 312 g/mol. The van der Waals surface area contributed by atoms with Crippen LogP contribution >= 0.6 is 22.9 Å². The lowest BCUT2D eigenvalue weighted by Gasteiger charge is -2.21. The molecule has 3 nitrogen and oxygen atoms in total. The van der Waals surface area contributed by atoms with Gasteiger partial charge in [0, 0.05) is 10.6 Å². The number of thiophene rings is 1. The zero-order valence-corrected chi connectivity index (χ0v) is 13.3. The minimum Gasteiger partial charge on any atom is -0.496 e. The fourth-order valence-electron chi connectivity index (χ4n) is 2.17. The Hall–Kier alpha value is -1.23. The number of halogens is 1. The van der Waals surface area contributed by atoms with E-state index < -0.39 is 0 Å². The first kappa shape index (κ1) is 15.2. The molecule has 0 aliphatic rings. The third kappa shape index (κ3) is 3.08. The van der Waals surface area contributed by atoms with E-state index in [0.29, 0.717) is 5.02 Å². The Kier molecular flexibility index (Phi) is 5.29. The molecule has 1 aromatic heterocycles. The zero-order chi connectivity index (χ0) is 14.5. The van der Waals surface area contributed by atoms with E-state index in [2.05, 4.69) is 12.2 Å². The highest BCUT2D eigenvalue weighted by atomic mass is 35.5. The van der Waals surface area contributed by atoms with Crippen LogP contribution in [-0.2, 0) is 0 Å². The van der Waals surface area contributed by atoms with Crippen molar-refractivity contribution in [3.63, 3.8) is 0 Å².